The first-order valence-electron chi connectivity index (χ1n) is 5.65. The van der Waals surface area contributed by atoms with Crippen molar-refractivity contribution < 1.29 is 0 Å². The second kappa shape index (κ2) is 6.12. The molecule has 0 unspecified atom stereocenters. The van der Waals surface area contributed by atoms with Crippen molar-refractivity contribution in [3.63, 3.8) is 0 Å². The van der Waals surface area contributed by atoms with E-state index in [0.717, 1.165) is 12.0 Å². The first-order valence-corrected chi connectivity index (χ1v) is 5.65. The molecule has 0 bridgehead atoms. The zero-order valence-electron chi connectivity index (χ0n) is 10.5. The van der Waals surface area contributed by atoms with Crippen molar-refractivity contribution in [2.75, 3.05) is 0 Å². The quantitative estimate of drug-likeness (QED) is 0.630. The highest BCUT2D eigenvalue weighted by Crippen LogP contribution is 2.17. The highest BCUT2D eigenvalue weighted by Gasteiger charge is 1.99. The van der Waals surface area contributed by atoms with Crippen LogP contribution in [0.15, 0.2) is 54.6 Å². The summed E-state index contributed by atoms with van der Waals surface area (Å²) in [6, 6.07) is 8.44. The topological polar surface area (TPSA) is 0 Å². The van der Waals surface area contributed by atoms with Gasteiger partial charge in [-0.2, -0.15) is 0 Å². The van der Waals surface area contributed by atoms with E-state index in [2.05, 4.69) is 69.8 Å². The molecule has 0 aliphatic carbocycles. The van der Waals surface area contributed by atoms with E-state index in [1.165, 1.54) is 16.7 Å². The molecule has 0 aromatic heterocycles. The Hall–Kier alpha value is -1.56. The van der Waals surface area contributed by atoms with Crippen LogP contribution in [-0.2, 0) is 6.42 Å². The van der Waals surface area contributed by atoms with Crippen LogP contribution in [0.1, 0.15) is 31.9 Å². The number of hydrogen-bond donors (Lipinski definition) is 0. The van der Waals surface area contributed by atoms with Gasteiger partial charge in [-0.25, -0.2) is 0 Å². The smallest absolute Gasteiger partial charge is 0.00883 e. The Morgan fingerprint density at radius 2 is 1.88 bits per heavy atom. The highest BCUT2D eigenvalue weighted by molar-refractivity contribution is 5.64. The lowest BCUT2D eigenvalue weighted by atomic mass is 9.99. The number of hydrogen-bond acceptors (Lipinski definition) is 0. The van der Waals surface area contributed by atoms with E-state index in [0.29, 0.717) is 0 Å². The molecule has 0 radical (unpaired) electrons. The molecule has 0 aliphatic heterocycles. The lowest BCUT2D eigenvalue weighted by Crippen LogP contribution is -1.88. The Balaban J connectivity index is 2.78. The van der Waals surface area contributed by atoms with Crippen molar-refractivity contribution in [2.45, 2.75) is 27.2 Å². The van der Waals surface area contributed by atoms with Crippen LogP contribution < -0.4 is 0 Å². The summed E-state index contributed by atoms with van der Waals surface area (Å²) < 4.78 is 0. The Morgan fingerprint density at radius 1 is 1.19 bits per heavy atom. The van der Waals surface area contributed by atoms with E-state index < -0.39 is 0 Å². The first kappa shape index (κ1) is 12.5. The maximum absolute atomic E-state index is 4.01. The molecule has 0 heteroatoms. The monoisotopic (exact) mass is 212 g/mol. The van der Waals surface area contributed by atoms with Gasteiger partial charge in [0.25, 0.3) is 0 Å². The first-order chi connectivity index (χ1) is 7.61. The summed E-state index contributed by atoms with van der Waals surface area (Å²) in [5.41, 5.74) is 5.06. The van der Waals surface area contributed by atoms with E-state index >= 15 is 0 Å². The van der Waals surface area contributed by atoms with Crippen LogP contribution in [0.3, 0.4) is 0 Å². The number of rotatable bonds is 4. The van der Waals surface area contributed by atoms with Crippen LogP contribution in [-0.4, -0.2) is 0 Å². The summed E-state index contributed by atoms with van der Waals surface area (Å²) in [6.45, 7) is 10.3. The Bertz CT molecular complexity index is 415. The molecule has 0 nitrogen and oxygen atoms in total. The van der Waals surface area contributed by atoms with Gasteiger partial charge < -0.3 is 0 Å². The van der Waals surface area contributed by atoms with Crippen molar-refractivity contribution in [1.29, 1.82) is 0 Å². The summed E-state index contributed by atoms with van der Waals surface area (Å²) >= 11 is 0. The molecule has 84 valence electrons. The molecule has 0 fully saturated rings. The summed E-state index contributed by atoms with van der Waals surface area (Å²) in [6.07, 6.45) is 7.40. The van der Waals surface area contributed by atoms with Crippen molar-refractivity contribution in [1.82, 2.24) is 0 Å². The van der Waals surface area contributed by atoms with Gasteiger partial charge in [-0.05, 0) is 38.3 Å². The van der Waals surface area contributed by atoms with Gasteiger partial charge in [-0.15, -0.1) is 0 Å². The Morgan fingerprint density at radius 3 is 2.50 bits per heavy atom. The lowest BCUT2D eigenvalue weighted by molar-refractivity contribution is 1.24. The lowest BCUT2D eigenvalue weighted by Gasteiger charge is -2.06. The minimum atomic E-state index is 0.965. The zero-order chi connectivity index (χ0) is 12.0. The number of benzene rings is 1. The van der Waals surface area contributed by atoms with Crippen LogP contribution in [0.25, 0.3) is 5.57 Å². The zero-order valence-corrected chi connectivity index (χ0v) is 10.5. The fourth-order valence-corrected chi connectivity index (χ4v) is 1.57. The van der Waals surface area contributed by atoms with Crippen LogP contribution in [0.4, 0.5) is 0 Å². The van der Waals surface area contributed by atoms with E-state index in [1.807, 2.05) is 0 Å². The Labute approximate surface area is 99.0 Å². The van der Waals surface area contributed by atoms with Crippen LogP contribution >= 0.6 is 0 Å². The maximum atomic E-state index is 4.01. The standard InChI is InChI=1S/C16H20/c1-13(2)9-5-6-10-15-11-7-8-12-16(15)14(3)4/h5-9,11-12H,3,10H2,1-2,4H3/b6-5-. The average molecular weight is 212 g/mol. The molecule has 1 aromatic carbocycles. The molecule has 0 saturated carbocycles. The van der Waals surface area contributed by atoms with E-state index in [1.54, 1.807) is 0 Å². The minimum absolute atomic E-state index is 0.965. The van der Waals surface area contributed by atoms with Gasteiger partial charge in [0.2, 0.25) is 0 Å². The predicted molar refractivity (Wildman–Crippen MR) is 73.4 cm³/mol. The molecular weight excluding hydrogens is 192 g/mol. The van der Waals surface area contributed by atoms with Gasteiger partial charge >= 0.3 is 0 Å². The third kappa shape index (κ3) is 3.90. The third-order valence-electron chi connectivity index (χ3n) is 2.38. The van der Waals surface area contributed by atoms with Crippen molar-refractivity contribution in [2.24, 2.45) is 0 Å². The highest BCUT2D eigenvalue weighted by atomic mass is 14.0. The maximum Gasteiger partial charge on any atom is -0.00883 e. The van der Waals surface area contributed by atoms with Crippen LogP contribution in [0.2, 0.25) is 0 Å². The second-order valence-electron chi connectivity index (χ2n) is 4.31. The molecule has 0 spiro atoms. The van der Waals surface area contributed by atoms with E-state index in [9.17, 15) is 0 Å². The predicted octanol–water partition coefficient (Wildman–Crippen LogP) is 4.78. The molecule has 0 N–H and O–H groups in total. The molecular formula is C16H20. The fraction of sp³-hybridized carbons (Fsp3) is 0.250. The molecule has 0 heterocycles. The third-order valence-corrected chi connectivity index (χ3v) is 2.38. The van der Waals surface area contributed by atoms with E-state index in [-0.39, 0.29) is 0 Å². The minimum Gasteiger partial charge on any atom is -0.0955 e. The van der Waals surface area contributed by atoms with Crippen molar-refractivity contribution in [3.8, 4) is 0 Å². The Kier molecular flexibility index (Phi) is 4.78. The SMILES string of the molecule is C=C(C)c1ccccc1C/C=C\C=C(C)C. The van der Waals surface area contributed by atoms with Gasteiger partial charge in [-0.1, -0.05) is 60.2 Å². The van der Waals surface area contributed by atoms with Gasteiger partial charge in [0.15, 0.2) is 0 Å². The largest absolute Gasteiger partial charge is 0.0955 e. The molecule has 0 amide bonds. The van der Waals surface area contributed by atoms with Crippen LogP contribution in [0.5, 0.6) is 0 Å². The fourth-order valence-electron chi connectivity index (χ4n) is 1.57. The van der Waals surface area contributed by atoms with Gasteiger partial charge in [-0.3, -0.25) is 0 Å². The molecule has 0 saturated heterocycles. The van der Waals surface area contributed by atoms with Gasteiger partial charge in [0.05, 0.1) is 0 Å². The van der Waals surface area contributed by atoms with E-state index in [4.69, 9.17) is 0 Å². The van der Waals surface area contributed by atoms with Gasteiger partial charge in [0.1, 0.15) is 0 Å². The van der Waals surface area contributed by atoms with Crippen LogP contribution in [0, 0.1) is 0 Å². The summed E-state index contributed by atoms with van der Waals surface area (Å²) in [7, 11) is 0. The number of allylic oxidation sites excluding steroid dienone is 5. The molecule has 0 aliphatic rings. The normalized spacial score (nSPS) is 10.4. The average Bonchev–Trinajstić information content (AvgIpc) is 2.24. The van der Waals surface area contributed by atoms with Gasteiger partial charge in [0, 0.05) is 0 Å². The molecule has 1 aromatic rings. The van der Waals surface area contributed by atoms with Crippen molar-refractivity contribution >= 4 is 5.57 Å². The molecule has 16 heavy (non-hydrogen) atoms. The summed E-state index contributed by atoms with van der Waals surface area (Å²) in [5, 5.41) is 0. The molecule has 1 rings (SSSR count). The molecule has 0 atom stereocenters. The second-order valence-corrected chi connectivity index (χ2v) is 4.31. The van der Waals surface area contributed by atoms with Crippen molar-refractivity contribution in [3.05, 3.63) is 65.8 Å². The summed E-state index contributed by atoms with van der Waals surface area (Å²) in [5.74, 6) is 0. The summed E-state index contributed by atoms with van der Waals surface area (Å²) in [4.78, 5) is 0.